The average Bonchev–Trinajstić information content (AvgIpc) is 3.42. The summed E-state index contributed by atoms with van der Waals surface area (Å²) in [5.41, 5.74) is 4.88. The first-order chi connectivity index (χ1) is 20.2. The van der Waals surface area contributed by atoms with E-state index in [1.54, 1.807) is 7.05 Å². The third-order valence-electron chi connectivity index (χ3n) is 5.38. The largest absolute Gasteiger partial charge is 0.417 e. The number of hydrogen-bond donors (Lipinski definition) is 4. The van der Waals surface area contributed by atoms with Crippen LogP contribution < -0.4 is 22.2 Å². The molecule has 3 rings (SSSR count). The lowest BCUT2D eigenvalue weighted by molar-refractivity contribution is -0.138. The van der Waals surface area contributed by atoms with Crippen molar-refractivity contribution in [3.63, 3.8) is 0 Å². The Morgan fingerprint density at radius 1 is 1.05 bits per heavy atom. The summed E-state index contributed by atoms with van der Waals surface area (Å²) in [7, 11) is 1.71. The summed E-state index contributed by atoms with van der Waals surface area (Å²) in [5.74, 6) is 5.10. The standard InChI is InChI=1S/C17H21F3N8O2.C8H9F3N2/c18-17(19,20)13-5-12(6-23-8-13)7-24-16(30)15(21)10-27(22)3-1-2-4-28-9-14(11-29)25-26-28;1-12-5-7-3-2-6(4-13-7)8(9,10)11/h5-6,8-11H,1-4,7,21-22H2,(H,24,30);2-4,12H,5H2,1H3/b15-10-;. The summed E-state index contributed by atoms with van der Waals surface area (Å²) in [6.07, 6.45) is -1.35. The van der Waals surface area contributed by atoms with Gasteiger partial charge in [0.25, 0.3) is 5.91 Å². The van der Waals surface area contributed by atoms with E-state index in [4.69, 9.17) is 11.6 Å². The molecule has 0 fully saturated rings. The first-order valence-corrected chi connectivity index (χ1v) is 12.5. The number of hydrogen-bond acceptors (Lipinski definition) is 10. The molecule has 6 N–H and O–H groups in total. The van der Waals surface area contributed by atoms with Gasteiger partial charge >= 0.3 is 12.4 Å². The number of pyridine rings is 2. The second-order valence-corrected chi connectivity index (χ2v) is 8.88. The average molecular weight is 617 g/mol. The minimum Gasteiger partial charge on any atom is -0.393 e. The van der Waals surface area contributed by atoms with Gasteiger partial charge in [-0.2, -0.15) is 26.3 Å². The van der Waals surface area contributed by atoms with E-state index >= 15 is 0 Å². The lowest BCUT2D eigenvalue weighted by Gasteiger charge is -2.15. The third-order valence-corrected chi connectivity index (χ3v) is 5.38. The zero-order chi connectivity index (χ0) is 32.0. The maximum atomic E-state index is 12.7. The number of carbonyl (C=O) groups excluding carboxylic acids is 2. The van der Waals surface area contributed by atoms with E-state index in [2.05, 4.69) is 30.9 Å². The van der Waals surface area contributed by atoms with Gasteiger partial charge in [-0.1, -0.05) is 5.21 Å². The molecule has 18 heteroatoms. The van der Waals surface area contributed by atoms with E-state index in [0.29, 0.717) is 50.7 Å². The third kappa shape index (κ3) is 12.4. The van der Waals surface area contributed by atoms with E-state index in [1.165, 1.54) is 34.4 Å². The van der Waals surface area contributed by atoms with Gasteiger partial charge in [0.15, 0.2) is 6.29 Å². The van der Waals surface area contributed by atoms with Crippen LogP contribution in [-0.2, 0) is 36.8 Å². The number of unbranched alkanes of at least 4 members (excludes halogenated alkanes) is 1. The zero-order valence-corrected chi connectivity index (χ0v) is 22.9. The highest BCUT2D eigenvalue weighted by atomic mass is 19.4. The van der Waals surface area contributed by atoms with Crippen molar-refractivity contribution in [3.05, 3.63) is 83.0 Å². The van der Waals surface area contributed by atoms with Crippen molar-refractivity contribution >= 4 is 12.2 Å². The van der Waals surface area contributed by atoms with Crippen LogP contribution in [0.1, 0.15) is 45.7 Å². The summed E-state index contributed by atoms with van der Waals surface area (Å²) in [4.78, 5) is 29.7. The molecular weight excluding hydrogens is 586 g/mol. The summed E-state index contributed by atoms with van der Waals surface area (Å²) in [6.45, 7) is 1.23. The topological polar surface area (TPSA) is 170 Å². The van der Waals surface area contributed by atoms with Gasteiger partial charge in [-0.3, -0.25) is 24.2 Å². The quantitative estimate of drug-likeness (QED) is 0.0592. The van der Waals surface area contributed by atoms with Crippen molar-refractivity contribution in [2.75, 3.05) is 13.6 Å². The van der Waals surface area contributed by atoms with Crippen LogP contribution in [0.5, 0.6) is 0 Å². The minimum atomic E-state index is -4.52. The highest BCUT2D eigenvalue weighted by molar-refractivity contribution is 5.92. The maximum absolute atomic E-state index is 12.7. The predicted octanol–water partition coefficient (Wildman–Crippen LogP) is 2.40. The summed E-state index contributed by atoms with van der Waals surface area (Å²) in [5, 5.41) is 13.9. The lowest BCUT2D eigenvalue weighted by atomic mass is 10.2. The fraction of sp³-hybridized carbons (Fsp3) is 0.360. The molecule has 0 spiro atoms. The molecule has 0 aromatic carbocycles. The number of aryl methyl sites for hydroxylation is 1. The Kier molecular flexibility index (Phi) is 13.0. The fourth-order valence-corrected chi connectivity index (χ4v) is 3.25. The molecule has 0 unspecified atom stereocenters. The van der Waals surface area contributed by atoms with Gasteiger partial charge in [-0.15, -0.1) is 5.10 Å². The van der Waals surface area contributed by atoms with E-state index in [-0.39, 0.29) is 23.5 Å². The van der Waals surface area contributed by atoms with Crippen molar-refractivity contribution in [2.45, 2.75) is 44.8 Å². The second kappa shape index (κ2) is 16.2. The number of aromatic nitrogens is 5. The van der Waals surface area contributed by atoms with Gasteiger partial charge < -0.3 is 21.4 Å². The SMILES string of the molecule is CNCc1ccc(C(F)(F)F)cn1.N/C(=C\N(N)CCCCn1cc(C=O)nn1)C(=O)NCc1cncc(C(F)(F)F)c1. The number of nitrogens with one attached hydrogen (secondary N) is 2. The normalized spacial score (nSPS) is 11.9. The number of nitrogens with zero attached hydrogens (tertiary/aromatic N) is 6. The molecule has 0 aliphatic carbocycles. The van der Waals surface area contributed by atoms with Gasteiger partial charge in [0.05, 0.1) is 23.0 Å². The van der Waals surface area contributed by atoms with Crippen molar-refractivity contribution in [2.24, 2.45) is 11.6 Å². The van der Waals surface area contributed by atoms with Crippen molar-refractivity contribution in [1.82, 2.24) is 40.6 Å². The number of aldehydes is 1. The first kappa shape index (κ1) is 34.6. The van der Waals surface area contributed by atoms with Gasteiger partial charge in [-0.25, -0.2) is 5.84 Å². The van der Waals surface area contributed by atoms with E-state index in [9.17, 15) is 35.9 Å². The maximum Gasteiger partial charge on any atom is 0.417 e. The number of nitrogens with two attached hydrogens (primary N) is 2. The highest BCUT2D eigenvalue weighted by Crippen LogP contribution is 2.29. The minimum absolute atomic E-state index is 0.171. The molecule has 3 heterocycles. The molecule has 0 saturated heterocycles. The Morgan fingerprint density at radius 2 is 1.77 bits per heavy atom. The molecule has 0 atom stereocenters. The summed E-state index contributed by atoms with van der Waals surface area (Å²) < 4.78 is 75.7. The Bertz CT molecular complexity index is 1340. The predicted molar refractivity (Wildman–Crippen MR) is 141 cm³/mol. The fourth-order valence-electron chi connectivity index (χ4n) is 3.25. The van der Waals surface area contributed by atoms with Crippen LogP contribution in [0.3, 0.4) is 0 Å². The smallest absolute Gasteiger partial charge is 0.393 e. The summed E-state index contributed by atoms with van der Waals surface area (Å²) >= 11 is 0. The first-order valence-electron chi connectivity index (χ1n) is 12.5. The van der Waals surface area contributed by atoms with Crippen LogP contribution in [0.2, 0.25) is 0 Å². The van der Waals surface area contributed by atoms with Gasteiger partial charge in [0, 0.05) is 51.0 Å². The molecular formula is C25H30F6N10O2. The van der Waals surface area contributed by atoms with Crippen LogP contribution in [0.4, 0.5) is 26.3 Å². The van der Waals surface area contributed by atoms with Crippen LogP contribution >= 0.6 is 0 Å². The van der Waals surface area contributed by atoms with Crippen molar-refractivity contribution in [3.8, 4) is 0 Å². The zero-order valence-electron chi connectivity index (χ0n) is 22.9. The van der Waals surface area contributed by atoms with Gasteiger partial charge in [0.1, 0.15) is 11.4 Å². The molecule has 0 aliphatic heterocycles. The highest BCUT2D eigenvalue weighted by Gasteiger charge is 2.31. The molecule has 0 radical (unpaired) electrons. The monoisotopic (exact) mass is 616 g/mol. The molecule has 3 aromatic heterocycles. The molecule has 43 heavy (non-hydrogen) atoms. The molecule has 0 aliphatic rings. The van der Waals surface area contributed by atoms with E-state index in [0.717, 1.165) is 18.3 Å². The Morgan fingerprint density at radius 3 is 2.35 bits per heavy atom. The molecule has 1 amide bonds. The van der Waals surface area contributed by atoms with Crippen LogP contribution in [0.25, 0.3) is 0 Å². The summed E-state index contributed by atoms with van der Waals surface area (Å²) in [6, 6.07) is 3.29. The van der Waals surface area contributed by atoms with Crippen LogP contribution in [0, 0.1) is 0 Å². The van der Waals surface area contributed by atoms with E-state index < -0.39 is 29.4 Å². The van der Waals surface area contributed by atoms with Gasteiger partial charge in [-0.05, 0) is 43.7 Å². The molecule has 234 valence electrons. The number of carbonyl (C=O) groups is 2. The number of halogens is 6. The molecule has 0 saturated carbocycles. The number of alkyl halides is 6. The Balaban J connectivity index is 0.000000413. The van der Waals surface area contributed by atoms with Gasteiger partial charge in [0.2, 0.25) is 0 Å². The molecule has 3 aromatic rings. The lowest BCUT2D eigenvalue weighted by Crippen LogP contribution is -2.33. The second-order valence-electron chi connectivity index (χ2n) is 8.88. The molecule has 0 bridgehead atoms. The number of rotatable bonds is 12. The van der Waals surface area contributed by atoms with Crippen molar-refractivity contribution < 1.29 is 35.9 Å². The number of amides is 1. The number of hydrazine groups is 1. The molecule has 12 nitrogen and oxygen atoms in total. The van der Waals surface area contributed by atoms with Crippen molar-refractivity contribution in [1.29, 1.82) is 0 Å². The van der Waals surface area contributed by atoms with E-state index in [1.807, 2.05) is 0 Å². The Labute approximate surface area is 242 Å². The van der Waals surface area contributed by atoms with Crippen LogP contribution in [0.15, 0.2) is 54.9 Å². The Hall–Kier alpha value is -4.58. The van der Waals surface area contributed by atoms with Crippen LogP contribution in [-0.4, -0.2) is 55.8 Å².